The molecule has 0 aliphatic carbocycles. The van der Waals surface area contributed by atoms with Crippen molar-refractivity contribution >= 4 is 58.4 Å². The number of nitrogens with zero attached hydrogens (tertiary/aromatic N) is 1. The first-order valence-corrected chi connectivity index (χ1v) is 10.7. The molecule has 28 heavy (non-hydrogen) atoms. The summed E-state index contributed by atoms with van der Waals surface area (Å²) in [4.78, 5) is 37.8. The summed E-state index contributed by atoms with van der Waals surface area (Å²) in [6.45, 7) is 0.386. The fourth-order valence-corrected chi connectivity index (χ4v) is 4.03. The van der Waals surface area contributed by atoms with Gasteiger partial charge in [-0.2, -0.15) is 11.8 Å². The number of rotatable bonds is 8. The quantitative estimate of drug-likeness (QED) is 0.479. The molecule has 1 aliphatic heterocycles. The number of amides is 3. The number of carbonyl (C=O) groups excluding carboxylic acids is 3. The third kappa shape index (κ3) is 4.69. The fourth-order valence-electron chi connectivity index (χ4n) is 2.87. The number of anilines is 1. The number of fused-ring (bicyclic) bond motifs is 1. The lowest BCUT2D eigenvalue weighted by Gasteiger charge is -2.13. The Hall–Kier alpha value is -2.02. The molecule has 8 heteroatoms. The van der Waals surface area contributed by atoms with Gasteiger partial charge in [0.1, 0.15) is 0 Å². The standard InChI is InChI=1S/C20H18Cl2N2O3S/c21-15-8-5-9-16(18(15)22)23-17(25)12-28-11-4-3-10-24-19(26)13-6-1-2-7-14(13)20(24)27/h1-2,5-9H,3-4,10-12H2,(H,23,25). The molecule has 3 rings (SSSR count). The van der Waals surface area contributed by atoms with Crippen molar-refractivity contribution in [2.75, 3.05) is 23.4 Å². The molecule has 0 atom stereocenters. The van der Waals surface area contributed by atoms with Gasteiger partial charge < -0.3 is 5.32 Å². The molecule has 0 bridgehead atoms. The van der Waals surface area contributed by atoms with Crippen LogP contribution in [0.3, 0.4) is 0 Å². The van der Waals surface area contributed by atoms with E-state index in [1.807, 2.05) is 0 Å². The number of halogens is 2. The number of unbranched alkanes of at least 4 members (excludes halogenated alkanes) is 1. The van der Waals surface area contributed by atoms with Crippen molar-refractivity contribution < 1.29 is 14.4 Å². The highest BCUT2D eigenvalue weighted by Crippen LogP contribution is 2.29. The van der Waals surface area contributed by atoms with Gasteiger partial charge in [-0.3, -0.25) is 19.3 Å². The van der Waals surface area contributed by atoms with Gasteiger partial charge in [-0.15, -0.1) is 0 Å². The van der Waals surface area contributed by atoms with Gasteiger partial charge in [0.05, 0.1) is 32.6 Å². The van der Waals surface area contributed by atoms with E-state index in [-0.39, 0.29) is 23.5 Å². The molecule has 3 amide bonds. The first-order chi connectivity index (χ1) is 13.5. The number of hydrogen-bond donors (Lipinski definition) is 1. The van der Waals surface area contributed by atoms with Crippen molar-refractivity contribution in [3.8, 4) is 0 Å². The van der Waals surface area contributed by atoms with Crippen LogP contribution in [0.25, 0.3) is 0 Å². The highest BCUT2D eigenvalue weighted by Gasteiger charge is 2.34. The molecular weight excluding hydrogens is 419 g/mol. The Morgan fingerprint density at radius 3 is 2.32 bits per heavy atom. The van der Waals surface area contributed by atoms with Crippen LogP contribution in [0.1, 0.15) is 33.6 Å². The first kappa shape index (κ1) is 20.7. The van der Waals surface area contributed by atoms with E-state index in [2.05, 4.69) is 5.32 Å². The van der Waals surface area contributed by atoms with E-state index in [4.69, 9.17) is 23.2 Å². The van der Waals surface area contributed by atoms with Crippen LogP contribution in [0.15, 0.2) is 42.5 Å². The fraction of sp³-hybridized carbons (Fsp3) is 0.250. The summed E-state index contributed by atoms with van der Waals surface area (Å²) in [6, 6.07) is 11.9. The SMILES string of the molecule is O=C(CSCCCCN1C(=O)c2ccccc2C1=O)Nc1cccc(Cl)c1Cl. The lowest BCUT2D eigenvalue weighted by atomic mass is 10.1. The van der Waals surface area contributed by atoms with Crippen LogP contribution < -0.4 is 5.32 Å². The predicted molar refractivity (Wildman–Crippen MR) is 113 cm³/mol. The minimum atomic E-state index is -0.231. The van der Waals surface area contributed by atoms with E-state index in [1.54, 1.807) is 42.5 Å². The summed E-state index contributed by atoms with van der Waals surface area (Å²) in [5.74, 6) is 0.419. The van der Waals surface area contributed by atoms with Gasteiger partial charge in [0.15, 0.2) is 0 Å². The molecule has 1 aliphatic rings. The van der Waals surface area contributed by atoms with Crippen LogP contribution in [-0.4, -0.2) is 40.7 Å². The van der Waals surface area contributed by atoms with Gasteiger partial charge in [0, 0.05) is 6.54 Å². The van der Waals surface area contributed by atoms with Crippen LogP contribution >= 0.6 is 35.0 Å². The molecule has 5 nitrogen and oxygen atoms in total. The Morgan fingerprint density at radius 1 is 0.964 bits per heavy atom. The maximum atomic E-state index is 12.3. The molecule has 1 N–H and O–H groups in total. The van der Waals surface area contributed by atoms with E-state index in [1.165, 1.54) is 16.7 Å². The third-order valence-corrected chi connectivity index (χ3v) is 6.12. The van der Waals surface area contributed by atoms with Crippen molar-refractivity contribution in [2.45, 2.75) is 12.8 Å². The van der Waals surface area contributed by atoms with Crippen LogP contribution in [0.4, 0.5) is 5.69 Å². The number of imide groups is 1. The summed E-state index contributed by atoms with van der Waals surface area (Å²) in [5, 5.41) is 3.45. The Kier molecular flexibility index (Phi) is 6.99. The molecule has 0 saturated heterocycles. The van der Waals surface area contributed by atoms with Crippen molar-refractivity contribution in [1.29, 1.82) is 0 Å². The molecule has 1 heterocycles. The largest absolute Gasteiger partial charge is 0.324 e. The normalized spacial score (nSPS) is 13.0. The van der Waals surface area contributed by atoms with Gasteiger partial charge in [0.25, 0.3) is 11.8 Å². The second-order valence-corrected chi connectivity index (χ2v) is 8.11. The summed E-state index contributed by atoms with van der Waals surface area (Å²) in [7, 11) is 0. The molecule has 0 spiro atoms. The maximum Gasteiger partial charge on any atom is 0.261 e. The Labute approximate surface area is 177 Å². The smallest absolute Gasteiger partial charge is 0.261 e. The third-order valence-electron chi connectivity index (χ3n) is 4.26. The molecule has 2 aromatic carbocycles. The van der Waals surface area contributed by atoms with Crippen molar-refractivity contribution in [3.63, 3.8) is 0 Å². The van der Waals surface area contributed by atoms with E-state index in [0.717, 1.165) is 12.2 Å². The monoisotopic (exact) mass is 436 g/mol. The molecule has 0 saturated carbocycles. The van der Waals surface area contributed by atoms with Gasteiger partial charge in [-0.1, -0.05) is 41.4 Å². The van der Waals surface area contributed by atoms with Gasteiger partial charge in [-0.25, -0.2) is 0 Å². The number of hydrogen-bond acceptors (Lipinski definition) is 4. The Morgan fingerprint density at radius 2 is 1.64 bits per heavy atom. The topological polar surface area (TPSA) is 66.5 Å². The molecule has 0 radical (unpaired) electrons. The van der Waals surface area contributed by atoms with Crippen LogP contribution in [-0.2, 0) is 4.79 Å². The number of thioether (sulfide) groups is 1. The minimum absolute atomic E-state index is 0.158. The van der Waals surface area contributed by atoms with Gasteiger partial charge >= 0.3 is 0 Å². The predicted octanol–water partition coefficient (Wildman–Crippen LogP) is 4.74. The zero-order valence-corrected chi connectivity index (χ0v) is 17.2. The molecule has 0 fully saturated rings. The molecule has 2 aromatic rings. The van der Waals surface area contributed by atoms with Crippen molar-refractivity contribution in [3.05, 3.63) is 63.6 Å². The van der Waals surface area contributed by atoms with Crippen LogP contribution in [0.5, 0.6) is 0 Å². The Balaban J connectivity index is 1.36. The summed E-state index contributed by atoms with van der Waals surface area (Å²) in [6.07, 6.45) is 1.49. The Bertz CT molecular complexity index is 885. The molecule has 0 unspecified atom stereocenters. The lowest BCUT2D eigenvalue weighted by Crippen LogP contribution is -2.30. The first-order valence-electron chi connectivity index (χ1n) is 8.76. The number of benzene rings is 2. The molecule has 0 aromatic heterocycles. The summed E-state index contributed by atoms with van der Waals surface area (Å²) in [5.41, 5.74) is 1.43. The van der Waals surface area contributed by atoms with E-state index in [9.17, 15) is 14.4 Å². The minimum Gasteiger partial charge on any atom is -0.324 e. The van der Waals surface area contributed by atoms with Crippen LogP contribution in [0.2, 0.25) is 10.0 Å². The maximum absolute atomic E-state index is 12.3. The van der Waals surface area contributed by atoms with E-state index < -0.39 is 0 Å². The number of carbonyl (C=O) groups is 3. The zero-order valence-electron chi connectivity index (χ0n) is 14.9. The van der Waals surface area contributed by atoms with Gasteiger partial charge in [-0.05, 0) is 42.9 Å². The second-order valence-electron chi connectivity index (χ2n) is 6.22. The lowest BCUT2D eigenvalue weighted by molar-refractivity contribution is -0.113. The average molecular weight is 437 g/mol. The van der Waals surface area contributed by atoms with Crippen molar-refractivity contribution in [2.24, 2.45) is 0 Å². The highest BCUT2D eigenvalue weighted by molar-refractivity contribution is 7.99. The molecular formula is C20H18Cl2N2O3S. The summed E-state index contributed by atoms with van der Waals surface area (Å²) < 4.78 is 0. The van der Waals surface area contributed by atoms with Crippen LogP contribution in [0, 0.1) is 0 Å². The average Bonchev–Trinajstić information content (AvgIpc) is 2.93. The van der Waals surface area contributed by atoms with Gasteiger partial charge in [0.2, 0.25) is 5.91 Å². The zero-order chi connectivity index (χ0) is 20.1. The van der Waals surface area contributed by atoms with E-state index in [0.29, 0.717) is 39.8 Å². The van der Waals surface area contributed by atoms with Crippen molar-refractivity contribution in [1.82, 2.24) is 4.90 Å². The number of nitrogens with one attached hydrogen (secondary N) is 1. The molecule has 146 valence electrons. The second kappa shape index (κ2) is 9.45. The van der Waals surface area contributed by atoms with E-state index >= 15 is 0 Å². The summed E-state index contributed by atoms with van der Waals surface area (Å²) >= 11 is 13.5. The highest BCUT2D eigenvalue weighted by atomic mass is 35.5.